The fourth-order valence-electron chi connectivity index (χ4n) is 4.34. The maximum atomic E-state index is 12.6. The van der Waals surface area contributed by atoms with E-state index < -0.39 is 18.0 Å². The lowest BCUT2D eigenvalue weighted by molar-refractivity contribution is -0.142. The Balaban J connectivity index is 1.58. The number of benzene rings is 2. The van der Waals surface area contributed by atoms with Gasteiger partial charge in [-0.3, -0.25) is 9.59 Å². The molecule has 7 heteroatoms. The zero-order chi connectivity index (χ0) is 24.0. The van der Waals surface area contributed by atoms with Gasteiger partial charge in [0, 0.05) is 32.0 Å². The van der Waals surface area contributed by atoms with E-state index >= 15 is 0 Å². The molecule has 2 unspecified atom stereocenters. The number of ether oxygens (including phenoxy) is 1. The molecule has 176 valence electrons. The Morgan fingerprint density at radius 3 is 2.18 bits per heavy atom. The lowest BCUT2D eigenvalue weighted by Crippen LogP contribution is -2.41. The maximum Gasteiger partial charge on any atom is 0.407 e. The summed E-state index contributed by atoms with van der Waals surface area (Å²) in [5.74, 6) is -1.84. The van der Waals surface area contributed by atoms with E-state index in [2.05, 4.69) is 29.6 Å². The molecule has 2 atom stereocenters. The Morgan fingerprint density at radius 1 is 1.06 bits per heavy atom. The number of fused-ring (bicyclic) bond motifs is 3. The van der Waals surface area contributed by atoms with Crippen LogP contribution >= 0.6 is 0 Å². The highest BCUT2D eigenvalue weighted by molar-refractivity contribution is 5.80. The molecule has 0 radical (unpaired) electrons. The van der Waals surface area contributed by atoms with Crippen LogP contribution in [-0.4, -0.2) is 54.2 Å². The molecular formula is C26H32N2O5. The quantitative estimate of drug-likeness (QED) is 0.561. The van der Waals surface area contributed by atoms with Gasteiger partial charge >= 0.3 is 12.1 Å². The number of carbonyl (C=O) groups is 3. The van der Waals surface area contributed by atoms with Crippen molar-refractivity contribution in [3.05, 3.63) is 59.7 Å². The number of carbonyl (C=O) groups excluding carboxylic acids is 2. The third-order valence-corrected chi connectivity index (χ3v) is 6.12. The predicted molar refractivity (Wildman–Crippen MR) is 126 cm³/mol. The minimum Gasteiger partial charge on any atom is -0.481 e. The topological polar surface area (TPSA) is 95.9 Å². The van der Waals surface area contributed by atoms with Gasteiger partial charge in [-0.05, 0) is 28.7 Å². The van der Waals surface area contributed by atoms with Crippen LogP contribution in [0.5, 0.6) is 0 Å². The van der Waals surface area contributed by atoms with Crippen LogP contribution in [0.4, 0.5) is 4.79 Å². The largest absolute Gasteiger partial charge is 0.481 e. The number of aliphatic carboxylic acids is 1. The Morgan fingerprint density at radius 2 is 1.64 bits per heavy atom. The van der Waals surface area contributed by atoms with Gasteiger partial charge in [0.25, 0.3) is 0 Å². The lowest BCUT2D eigenvalue weighted by atomic mass is 9.98. The minimum absolute atomic E-state index is 0.0296. The number of alkyl carbamates (subject to hydrolysis) is 1. The summed E-state index contributed by atoms with van der Waals surface area (Å²) in [7, 11) is 1.58. The van der Waals surface area contributed by atoms with Crippen molar-refractivity contribution in [2.24, 2.45) is 5.92 Å². The highest BCUT2D eigenvalue weighted by Gasteiger charge is 2.29. The molecule has 33 heavy (non-hydrogen) atoms. The van der Waals surface area contributed by atoms with Gasteiger partial charge in [0.05, 0.1) is 5.92 Å². The van der Waals surface area contributed by atoms with Gasteiger partial charge in [0.1, 0.15) is 6.61 Å². The monoisotopic (exact) mass is 452 g/mol. The zero-order valence-corrected chi connectivity index (χ0v) is 19.4. The molecule has 0 fully saturated rings. The number of hydrogen-bond donors (Lipinski definition) is 2. The van der Waals surface area contributed by atoms with Crippen LogP contribution in [0.1, 0.15) is 50.2 Å². The van der Waals surface area contributed by atoms with E-state index in [1.54, 1.807) is 14.0 Å². The van der Waals surface area contributed by atoms with E-state index in [1.807, 2.05) is 31.2 Å². The van der Waals surface area contributed by atoms with Gasteiger partial charge in [-0.2, -0.15) is 0 Å². The van der Waals surface area contributed by atoms with E-state index in [0.717, 1.165) is 28.7 Å². The summed E-state index contributed by atoms with van der Waals surface area (Å²) in [6, 6.07) is 15.9. The van der Waals surface area contributed by atoms with E-state index in [9.17, 15) is 14.4 Å². The third-order valence-electron chi connectivity index (χ3n) is 6.12. The average molecular weight is 453 g/mol. The van der Waals surface area contributed by atoms with Crippen molar-refractivity contribution in [2.75, 3.05) is 20.2 Å². The first-order valence-corrected chi connectivity index (χ1v) is 11.4. The summed E-state index contributed by atoms with van der Waals surface area (Å²) < 4.78 is 5.60. The molecule has 7 nitrogen and oxygen atoms in total. The number of nitrogens with zero attached hydrogens (tertiary/aromatic N) is 1. The van der Waals surface area contributed by atoms with Gasteiger partial charge in [0.2, 0.25) is 5.91 Å². The summed E-state index contributed by atoms with van der Waals surface area (Å²) in [6.45, 7) is 3.87. The molecule has 0 bridgehead atoms. The van der Waals surface area contributed by atoms with E-state index in [0.29, 0.717) is 6.42 Å². The Bertz CT molecular complexity index is 960. The summed E-state index contributed by atoms with van der Waals surface area (Å²) in [5, 5.41) is 11.9. The normalized spacial score (nSPS) is 14.0. The van der Waals surface area contributed by atoms with E-state index in [1.165, 1.54) is 4.90 Å². The smallest absolute Gasteiger partial charge is 0.407 e. The molecule has 2 aromatic rings. The summed E-state index contributed by atoms with van der Waals surface area (Å²) in [6.07, 6.45) is 0.959. The first-order chi connectivity index (χ1) is 15.8. The van der Waals surface area contributed by atoms with Gasteiger partial charge in [-0.15, -0.1) is 0 Å². The molecule has 0 aliphatic heterocycles. The van der Waals surface area contributed by atoms with E-state index in [-0.39, 0.29) is 37.4 Å². The van der Waals surface area contributed by atoms with Crippen LogP contribution in [0.15, 0.2) is 48.5 Å². The molecule has 3 rings (SSSR count). The minimum atomic E-state index is -0.948. The van der Waals surface area contributed by atoms with Crippen LogP contribution in [0.25, 0.3) is 11.1 Å². The van der Waals surface area contributed by atoms with Crippen molar-refractivity contribution in [2.45, 2.75) is 45.1 Å². The standard InChI is InChI=1S/C26H32N2O5/c1-4-9-18(14-24(29)28(3)15-17(2)25(30)31)27-26(32)33-16-23-21-12-7-5-10-19(21)20-11-6-8-13-22(20)23/h5-8,10-13,17-18,23H,4,9,14-16H2,1-3H3,(H,27,32)(H,30,31). The molecule has 0 heterocycles. The van der Waals surface area contributed by atoms with Crippen molar-refractivity contribution in [1.29, 1.82) is 0 Å². The van der Waals surface area contributed by atoms with Crippen LogP contribution in [0.2, 0.25) is 0 Å². The molecule has 2 N–H and O–H groups in total. The summed E-state index contributed by atoms with van der Waals surface area (Å²) in [5.41, 5.74) is 4.60. The Kier molecular flexibility index (Phi) is 8.09. The van der Waals surface area contributed by atoms with Gasteiger partial charge < -0.3 is 20.1 Å². The Labute approximate surface area is 194 Å². The SMILES string of the molecule is CCCC(CC(=O)N(C)CC(C)C(=O)O)NC(=O)OCC1c2ccccc2-c2ccccc21. The maximum absolute atomic E-state index is 12.6. The van der Waals surface area contributed by atoms with Crippen molar-refractivity contribution in [1.82, 2.24) is 10.2 Å². The second kappa shape index (κ2) is 11.0. The number of carboxylic acid groups (broad SMARTS) is 1. The summed E-state index contributed by atoms with van der Waals surface area (Å²) >= 11 is 0. The first kappa shape index (κ1) is 24.3. The molecule has 0 saturated heterocycles. The van der Waals surface area contributed by atoms with Crippen LogP contribution in [-0.2, 0) is 14.3 Å². The van der Waals surface area contributed by atoms with Crippen LogP contribution in [0, 0.1) is 5.92 Å². The van der Waals surface area contributed by atoms with Crippen molar-refractivity contribution >= 4 is 18.0 Å². The van der Waals surface area contributed by atoms with E-state index in [4.69, 9.17) is 9.84 Å². The van der Waals surface area contributed by atoms with Gasteiger partial charge in [0.15, 0.2) is 0 Å². The lowest BCUT2D eigenvalue weighted by Gasteiger charge is -2.23. The van der Waals surface area contributed by atoms with Crippen LogP contribution < -0.4 is 5.32 Å². The number of hydrogen-bond acceptors (Lipinski definition) is 4. The number of nitrogens with one attached hydrogen (secondary N) is 1. The second-order valence-electron chi connectivity index (χ2n) is 8.67. The second-order valence-corrected chi connectivity index (χ2v) is 8.67. The molecule has 2 amide bonds. The highest BCUT2D eigenvalue weighted by atomic mass is 16.5. The van der Waals surface area contributed by atoms with Gasteiger partial charge in [-0.25, -0.2) is 4.79 Å². The molecule has 1 aliphatic carbocycles. The zero-order valence-electron chi connectivity index (χ0n) is 19.4. The molecule has 0 saturated carbocycles. The number of amides is 2. The Hall–Kier alpha value is -3.35. The average Bonchev–Trinajstić information content (AvgIpc) is 3.11. The van der Waals surface area contributed by atoms with Crippen molar-refractivity contribution in [3.8, 4) is 11.1 Å². The molecular weight excluding hydrogens is 420 g/mol. The van der Waals surface area contributed by atoms with Crippen molar-refractivity contribution < 1.29 is 24.2 Å². The first-order valence-electron chi connectivity index (χ1n) is 11.4. The highest BCUT2D eigenvalue weighted by Crippen LogP contribution is 2.44. The number of carboxylic acids is 1. The predicted octanol–water partition coefficient (Wildman–Crippen LogP) is 4.26. The molecule has 2 aromatic carbocycles. The molecule has 1 aliphatic rings. The molecule has 0 aromatic heterocycles. The van der Waals surface area contributed by atoms with Gasteiger partial charge in [-0.1, -0.05) is 68.8 Å². The van der Waals surface area contributed by atoms with Crippen molar-refractivity contribution in [3.63, 3.8) is 0 Å². The summed E-state index contributed by atoms with van der Waals surface area (Å²) in [4.78, 5) is 37.6. The third kappa shape index (κ3) is 5.92. The fourth-order valence-corrected chi connectivity index (χ4v) is 4.34. The van der Waals surface area contributed by atoms with Crippen LogP contribution in [0.3, 0.4) is 0 Å². The fraction of sp³-hybridized carbons (Fsp3) is 0.423. The molecule has 0 spiro atoms. The number of rotatable bonds is 10.